The van der Waals surface area contributed by atoms with Gasteiger partial charge in [-0.2, -0.15) is 13.2 Å². The minimum atomic E-state index is -4.44. The number of hydrogen-bond donors (Lipinski definition) is 1. The number of rotatable bonds is 2. The highest BCUT2D eigenvalue weighted by Gasteiger charge is 2.30. The first-order valence-corrected chi connectivity index (χ1v) is 6.15. The number of halogens is 3. The summed E-state index contributed by atoms with van der Waals surface area (Å²) in [6.45, 7) is 0.199. The second kappa shape index (κ2) is 4.76. The first-order chi connectivity index (χ1) is 9.95. The van der Waals surface area contributed by atoms with Crippen molar-refractivity contribution in [2.45, 2.75) is 12.7 Å². The molecule has 4 nitrogen and oxygen atoms in total. The number of fused-ring (bicyclic) bond motifs is 1. The lowest BCUT2D eigenvalue weighted by molar-refractivity contribution is -0.137. The summed E-state index contributed by atoms with van der Waals surface area (Å²) in [5.41, 5.74) is -0.0268. The molecule has 21 heavy (non-hydrogen) atoms. The molecule has 0 bridgehead atoms. The van der Waals surface area contributed by atoms with Crippen LogP contribution in [-0.4, -0.2) is 14.5 Å². The largest absolute Gasteiger partial charge is 0.416 e. The van der Waals surface area contributed by atoms with Crippen molar-refractivity contribution in [2.75, 3.05) is 0 Å². The van der Waals surface area contributed by atoms with Crippen molar-refractivity contribution in [1.82, 2.24) is 14.5 Å². The molecule has 7 heteroatoms. The van der Waals surface area contributed by atoms with Crippen molar-refractivity contribution in [1.29, 1.82) is 0 Å². The lowest BCUT2D eigenvalue weighted by Crippen LogP contribution is -2.17. The maximum absolute atomic E-state index is 12.7. The Labute approximate surface area is 116 Å². The van der Waals surface area contributed by atoms with E-state index in [2.05, 4.69) is 9.97 Å². The Morgan fingerprint density at radius 3 is 2.67 bits per heavy atom. The molecule has 0 spiro atoms. The number of benzene rings is 1. The summed E-state index contributed by atoms with van der Waals surface area (Å²) in [4.78, 5) is 18.4. The van der Waals surface area contributed by atoms with Crippen LogP contribution >= 0.6 is 0 Å². The standard InChI is InChI=1S/C14H10F3N3O/c15-14(16,17)9-4-5-12-11(7-9)19-13(21)20(12)8-10-3-1-2-6-18-10/h1-7H,8H2,(H,19,21). The third-order valence-corrected chi connectivity index (χ3v) is 3.15. The van der Waals surface area contributed by atoms with Crippen LogP contribution in [0.3, 0.4) is 0 Å². The third-order valence-electron chi connectivity index (χ3n) is 3.15. The summed E-state index contributed by atoms with van der Waals surface area (Å²) in [5, 5.41) is 0. The zero-order valence-corrected chi connectivity index (χ0v) is 10.7. The Kier molecular flexibility index (Phi) is 3.04. The molecule has 0 saturated heterocycles. The average Bonchev–Trinajstić information content (AvgIpc) is 2.75. The van der Waals surface area contributed by atoms with E-state index in [0.717, 1.165) is 12.1 Å². The molecule has 0 aliphatic rings. The fourth-order valence-corrected chi connectivity index (χ4v) is 2.15. The number of hydrogen-bond acceptors (Lipinski definition) is 2. The van der Waals surface area contributed by atoms with Crippen LogP contribution in [0.2, 0.25) is 0 Å². The molecule has 2 aromatic heterocycles. The first kappa shape index (κ1) is 13.4. The first-order valence-electron chi connectivity index (χ1n) is 6.15. The fourth-order valence-electron chi connectivity index (χ4n) is 2.15. The van der Waals surface area contributed by atoms with Gasteiger partial charge in [-0.1, -0.05) is 6.07 Å². The van der Waals surface area contributed by atoms with Gasteiger partial charge in [0.05, 0.1) is 28.8 Å². The summed E-state index contributed by atoms with van der Waals surface area (Å²) in [7, 11) is 0. The van der Waals surface area contributed by atoms with Gasteiger partial charge in [0.25, 0.3) is 0 Å². The number of aromatic nitrogens is 3. The summed E-state index contributed by atoms with van der Waals surface area (Å²) in [6.07, 6.45) is -2.84. The highest BCUT2D eigenvalue weighted by Crippen LogP contribution is 2.30. The highest BCUT2D eigenvalue weighted by atomic mass is 19.4. The Bertz CT molecular complexity index is 834. The van der Waals surface area contributed by atoms with E-state index < -0.39 is 17.4 Å². The summed E-state index contributed by atoms with van der Waals surface area (Å²) in [6, 6.07) is 8.46. The molecule has 1 aromatic carbocycles. The van der Waals surface area contributed by atoms with Gasteiger partial charge in [-0.05, 0) is 30.3 Å². The van der Waals surface area contributed by atoms with Crippen LogP contribution in [0.5, 0.6) is 0 Å². The molecule has 0 aliphatic heterocycles. The molecule has 3 rings (SSSR count). The summed E-state index contributed by atoms with van der Waals surface area (Å²) < 4.78 is 39.3. The molecule has 108 valence electrons. The van der Waals surface area contributed by atoms with Gasteiger partial charge in [-0.3, -0.25) is 9.55 Å². The SMILES string of the molecule is O=c1[nH]c2cc(C(F)(F)F)ccc2n1Cc1ccccn1. The van der Waals surface area contributed by atoms with E-state index in [0.29, 0.717) is 11.2 Å². The van der Waals surface area contributed by atoms with Crippen molar-refractivity contribution < 1.29 is 13.2 Å². The number of aromatic amines is 1. The van der Waals surface area contributed by atoms with E-state index in [9.17, 15) is 18.0 Å². The van der Waals surface area contributed by atoms with Crippen molar-refractivity contribution >= 4 is 11.0 Å². The van der Waals surface area contributed by atoms with Gasteiger partial charge in [0, 0.05) is 6.20 Å². The van der Waals surface area contributed by atoms with Gasteiger partial charge >= 0.3 is 11.9 Å². The zero-order chi connectivity index (χ0) is 15.0. The number of nitrogens with one attached hydrogen (secondary N) is 1. The minimum absolute atomic E-state index is 0.158. The molecule has 3 aromatic rings. The fraction of sp³-hybridized carbons (Fsp3) is 0.143. The molecule has 0 atom stereocenters. The molecule has 0 unspecified atom stereocenters. The second-order valence-electron chi connectivity index (χ2n) is 4.57. The lowest BCUT2D eigenvalue weighted by Gasteiger charge is -2.07. The Balaban J connectivity index is 2.08. The number of alkyl halides is 3. The molecule has 0 amide bonds. The number of imidazole rings is 1. The molecule has 0 aliphatic carbocycles. The maximum atomic E-state index is 12.7. The smallest absolute Gasteiger partial charge is 0.306 e. The lowest BCUT2D eigenvalue weighted by atomic mass is 10.2. The van der Waals surface area contributed by atoms with Gasteiger partial charge < -0.3 is 4.98 Å². The molecule has 0 fully saturated rings. The van der Waals surface area contributed by atoms with Crippen LogP contribution in [0.1, 0.15) is 11.3 Å². The van der Waals surface area contributed by atoms with Gasteiger partial charge in [-0.25, -0.2) is 4.79 Å². The van der Waals surface area contributed by atoms with Crippen LogP contribution in [0.15, 0.2) is 47.4 Å². The summed E-state index contributed by atoms with van der Waals surface area (Å²) in [5.74, 6) is 0. The Morgan fingerprint density at radius 2 is 2.00 bits per heavy atom. The topological polar surface area (TPSA) is 50.7 Å². The minimum Gasteiger partial charge on any atom is -0.306 e. The normalized spacial score (nSPS) is 12.0. The van der Waals surface area contributed by atoms with Crippen LogP contribution in [-0.2, 0) is 12.7 Å². The van der Waals surface area contributed by atoms with Crippen molar-refractivity contribution in [3.8, 4) is 0 Å². The number of H-pyrrole nitrogens is 1. The van der Waals surface area contributed by atoms with E-state index >= 15 is 0 Å². The molecule has 2 heterocycles. The van der Waals surface area contributed by atoms with Crippen LogP contribution in [0, 0.1) is 0 Å². The zero-order valence-electron chi connectivity index (χ0n) is 10.7. The second-order valence-corrected chi connectivity index (χ2v) is 4.57. The van der Waals surface area contributed by atoms with Gasteiger partial charge in [-0.15, -0.1) is 0 Å². The molecule has 0 saturated carbocycles. The summed E-state index contributed by atoms with van der Waals surface area (Å²) >= 11 is 0. The van der Waals surface area contributed by atoms with E-state index in [4.69, 9.17) is 0 Å². The monoisotopic (exact) mass is 293 g/mol. The number of pyridine rings is 1. The van der Waals surface area contributed by atoms with E-state index in [1.54, 1.807) is 24.4 Å². The predicted molar refractivity (Wildman–Crippen MR) is 70.9 cm³/mol. The molecule has 1 N–H and O–H groups in total. The quantitative estimate of drug-likeness (QED) is 0.790. The Morgan fingerprint density at radius 1 is 1.19 bits per heavy atom. The highest BCUT2D eigenvalue weighted by molar-refractivity contribution is 5.76. The van der Waals surface area contributed by atoms with Crippen molar-refractivity contribution in [2.24, 2.45) is 0 Å². The van der Waals surface area contributed by atoms with Crippen LogP contribution < -0.4 is 5.69 Å². The predicted octanol–water partition coefficient (Wildman–Crippen LogP) is 2.79. The molecule has 0 radical (unpaired) electrons. The van der Waals surface area contributed by atoms with E-state index in [1.165, 1.54) is 10.6 Å². The van der Waals surface area contributed by atoms with Gasteiger partial charge in [0.1, 0.15) is 0 Å². The van der Waals surface area contributed by atoms with Gasteiger partial charge in [0.2, 0.25) is 0 Å². The molecular weight excluding hydrogens is 283 g/mol. The van der Waals surface area contributed by atoms with Crippen molar-refractivity contribution in [3.63, 3.8) is 0 Å². The van der Waals surface area contributed by atoms with Gasteiger partial charge in [0.15, 0.2) is 0 Å². The number of nitrogens with zero attached hydrogens (tertiary/aromatic N) is 2. The van der Waals surface area contributed by atoms with Crippen LogP contribution in [0.4, 0.5) is 13.2 Å². The molecular formula is C14H10F3N3O. The Hall–Kier alpha value is -2.57. The average molecular weight is 293 g/mol. The van der Waals surface area contributed by atoms with E-state index in [-0.39, 0.29) is 12.1 Å². The third kappa shape index (κ3) is 2.54. The van der Waals surface area contributed by atoms with Crippen LogP contribution in [0.25, 0.3) is 11.0 Å². The van der Waals surface area contributed by atoms with Crippen molar-refractivity contribution in [3.05, 3.63) is 64.3 Å². The maximum Gasteiger partial charge on any atom is 0.416 e. The van der Waals surface area contributed by atoms with E-state index in [1.807, 2.05) is 0 Å².